The number of halogens is 3. The second-order valence-electron chi connectivity index (χ2n) is 12.3. The number of carbonyl (C=O) groups excluding carboxylic acids is 1. The lowest BCUT2D eigenvalue weighted by Gasteiger charge is -2.47. The molecule has 0 aromatic carbocycles. The average molecular weight is 525 g/mol. The fraction of sp³-hybridized carbons (Fsp3) is 0.885. The molecule has 3 aliphatic carbocycles. The molecule has 2 aliphatic heterocycles. The van der Waals surface area contributed by atoms with E-state index in [9.17, 15) is 9.18 Å². The Morgan fingerprint density at radius 1 is 1.11 bits per heavy atom. The molecule has 1 N–H and O–H groups in total. The third-order valence-electron chi connectivity index (χ3n) is 9.57. The number of hydrogen-bond donors (Lipinski definition) is 1. The highest BCUT2D eigenvalue weighted by molar-refractivity contribution is 5.75. The number of nitrogens with one attached hydrogen (secondary N) is 1. The molecule has 2 amide bonds. The lowest BCUT2D eigenvalue weighted by Crippen LogP contribution is -2.65. The number of aromatic nitrogens is 2. The lowest BCUT2D eigenvalue weighted by atomic mass is 9.85. The molecule has 3 heterocycles. The van der Waals surface area contributed by atoms with Crippen molar-refractivity contribution in [3.05, 3.63) is 11.7 Å². The van der Waals surface area contributed by atoms with E-state index in [4.69, 9.17) is 4.52 Å². The molecule has 1 unspecified atom stereocenters. The van der Waals surface area contributed by atoms with Gasteiger partial charge in [-0.1, -0.05) is 5.16 Å². The van der Waals surface area contributed by atoms with Gasteiger partial charge in [0.1, 0.15) is 12.2 Å². The maximum Gasteiger partial charge on any atom is 0.317 e. The fourth-order valence-electron chi connectivity index (χ4n) is 7.22. The zero-order valence-electron chi connectivity index (χ0n) is 21.8. The van der Waals surface area contributed by atoms with Crippen LogP contribution in [0, 0.1) is 11.8 Å². The van der Waals surface area contributed by atoms with Gasteiger partial charge in [0.15, 0.2) is 5.82 Å². The minimum Gasteiger partial charge on any atom is -0.339 e. The second-order valence-corrected chi connectivity index (χ2v) is 12.3. The van der Waals surface area contributed by atoms with Crippen molar-refractivity contribution < 1.29 is 22.5 Å². The first-order chi connectivity index (χ1) is 17.7. The molecule has 2 saturated heterocycles. The highest BCUT2D eigenvalue weighted by Gasteiger charge is 2.52. The van der Waals surface area contributed by atoms with E-state index in [-0.39, 0.29) is 30.3 Å². The fourth-order valence-corrected chi connectivity index (χ4v) is 7.22. The number of nitrogens with zero attached hydrogens (tertiary/aromatic N) is 5. The van der Waals surface area contributed by atoms with Crippen molar-refractivity contribution in [2.75, 3.05) is 39.3 Å². The van der Waals surface area contributed by atoms with Gasteiger partial charge >= 0.3 is 6.03 Å². The third kappa shape index (κ3) is 4.97. The van der Waals surface area contributed by atoms with E-state index < -0.39 is 18.1 Å². The van der Waals surface area contributed by atoms with E-state index in [2.05, 4.69) is 39.1 Å². The number of alkyl halides is 3. The molecule has 0 radical (unpaired) electrons. The summed E-state index contributed by atoms with van der Waals surface area (Å²) in [5.41, 5.74) is 0. The Balaban J connectivity index is 1.05. The molecule has 3 saturated carbocycles. The first kappa shape index (κ1) is 25.4. The Labute approximate surface area is 216 Å². The Morgan fingerprint density at radius 3 is 2.41 bits per heavy atom. The topological polar surface area (TPSA) is 77.7 Å². The van der Waals surface area contributed by atoms with Gasteiger partial charge in [-0.3, -0.25) is 9.80 Å². The van der Waals surface area contributed by atoms with E-state index in [1.54, 1.807) is 4.90 Å². The quantitative estimate of drug-likeness (QED) is 0.634. The minimum atomic E-state index is -2.91. The van der Waals surface area contributed by atoms with E-state index in [1.165, 1.54) is 0 Å². The summed E-state index contributed by atoms with van der Waals surface area (Å²) in [4.78, 5) is 24.0. The summed E-state index contributed by atoms with van der Waals surface area (Å²) < 4.78 is 48.9. The zero-order valence-corrected chi connectivity index (χ0v) is 21.8. The Hall–Kier alpha value is -1.88. The van der Waals surface area contributed by atoms with Crippen LogP contribution in [-0.4, -0.2) is 100 Å². The highest BCUT2D eigenvalue weighted by Crippen LogP contribution is 2.47. The smallest absolute Gasteiger partial charge is 0.317 e. The van der Waals surface area contributed by atoms with Crippen molar-refractivity contribution >= 4 is 6.03 Å². The molecule has 8 nitrogen and oxygen atoms in total. The molecule has 37 heavy (non-hydrogen) atoms. The SMILES string of the molecule is CC(C)N1CCN([C@H]2CCCC(F)(F)[C@@H]2NC(=O)N2C[C@H]3CC(c4noc([C@@H]5C[C@@H]5F)n4)C[C@H]3C2)CC1. The molecular formula is C26H39F3N6O2. The first-order valence-electron chi connectivity index (χ1n) is 14.1. The molecule has 0 spiro atoms. The molecule has 206 valence electrons. The summed E-state index contributed by atoms with van der Waals surface area (Å²) in [5.74, 6) is -1.40. The standard InChI is InChI=1S/C26H39F3N6O2/c1-15(2)33-6-8-34(9-7-33)21-4-3-5-26(28,29)22(21)30-25(36)35-13-17-10-16(11-18(17)14-35)23-31-24(37-32-23)19-12-20(19)27/h15-22H,3-14H2,1-2H3,(H,30,36)/t16?,17-,18+,19-,20+,21+,22-/m1/s1. The minimum absolute atomic E-state index is 0.145. The predicted octanol–water partition coefficient (Wildman–Crippen LogP) is 3.61. The highest BCUT2D eigenvalue weighted by atomic mass is 19.3. The summed E-state index contributed by atoms with van der Waals surface area (Å²) >= 11 is 0. The Kier molecular flexibility index (Phi) is 6.66. The first-order valence-corrected chi connectivity index (χ1v) is 14.1. The average Bonchev–Trinajstić information content (AvgIpc) is 3.23. The van der Waals surface area contributed by atoms with Crippen LogP contribution in [-0.2, 0) is 0 Å². The van der Waals surface area contributed by atoms with Crippen LogP contribution < -0.4 is 5.32 Å². The maximum absolute atomic E-state index is 15.2. The van der Waals surface area contributed by atoms with Gasteiger partial charge in [-0.15, -0.1) is 0 Å². The number of hydrogen-bond acceptors (Lipinski definition) is 6. The van der Waals surface area contributed by atoms with Crippen molar-refractivity contribution in [1.82, 2.24) is 30.2 Å². The van der Waals surface area contributed by atoms with E-state index in [0.717, 1.165) is 39.0 Å². The Morgan fingerprint density at radius 2 is 1.78 bits per heavy atom. The van der Waals surface area contributed by atoms with Crippen LogP contribution in [0.1, 0.15) is 75.9 Å². The summed E-state index contributed by atoms with van der Waals surface area (Å²) in [6, 6.07) is -1.42. The van der Waals surface area contributed by atoms with Crippen LogP contribution in [0.25, 0.3) is 0 Å². The van der Waals surface area contributed by atoms with Gasteiger partial charge in [0.2, 0.25) is 5.89 Å². The summed E-state index contributed by atoms with van der Waals surface area (Å²) in [6.45, 7) is 8.69. The van der Waals surface area contributed by atoms with Gasteiger partial charge in [-0.25, -0.2) is 18.0 Å². The molecule has 5 aliphatic rings. The van der Waals surface area contributed by atoms with Gasteiger partial charge in [-0.05, 0) is 57.8 Å². The molecule has 1 aromatic rings. The van der Waals surface area contributed by atoms with Crippen LogP contribution in [0.15, 0.2) is 4.52 Å². The summed E-state index contributed by atoms with van der Waals surface area (Å²) in [5, 5.41) is 6.90. The number of urea groups is 1. The van der Waals surface area contributed by atoms with Crippen LogP contribution in [0.4, 0.5) is 18.0 Å². The number of piperazine rings is 1. The summed E-state index contributed by atoms with van der Waals surface area (Å²) in [6.07, 6.45) is 2.24. The normalized spacial score (nSPS) is 38.2. The van der Waals surface area contributed by atoms with Crippen LogP contribution in [0.2, 0.25) is 0 Å². The van der Waals surface area contributed by atoms with Crippen molar-refractivity contribution in [2.45, 2.75) is 94.4 Å². The van der Waals surface area contributed by atoms with Crippen LogP contribution in [0.3, 0.4) is 0 Å². The van der Waals surface area contributed by atoms with Gasteiger partial charge in [0, 0.05) is 63.7 Å². The zero-order chi connectivity index (χ0) is 25.9. The molecular weight excluding hydrogens is 485 g/mol. The lowest BCUT2D eigenvalue weighted by molar-refractivity contribution is -0.0971. The largest absolute Gasteiger partial charge is 0.339 e. The van der Waals surface area contributed by atoms with Gasteiger partial charge < -0.3 is 14.7 Å². The number of carbonyl (C=O) groups is 1. The van der Waals surface area contributed by atoms with Gasteiger partial charge in [-0.2, -0.15) is 4.98 Å². The molecule has 1 aromatic heterocycles. The Bertz CT molecular complexity index is 969. The van der Waals surface area contributed by atoms with Crippen molar-refractivity contribution in [2.24, 2.45) is 11.8 Å². The molecule has 11 heteroatoms. The van der Waals surface area contributed by atoms with Crippen molar-refractivity contribution in [3.8, 4) is 0 Å². The van der Waals surface area contributed by atoms with Crippen LogP contribution >= 0.6 is 0 Å². The van der Waals surface area contributed by atoms with E-state index >= 15 is 8.78 Å². The summed E-state index contributed by atoms with van der Waals surface area (Å²) in [7, 11) is 0. The van der Waals surface area contributed by atoms with E-state index in [0.29, 0.717) is 61.9 Å². The number of rotatable bonds is 5. The van der Waals surface area contributed by atoms with Gasteiger partial charge in [0.25, 0.3) is 5.92 Å². The van der Waals surface area contributed by atoms with Crippen molar-refractivity contribution in [1.29, 1.82) is 0 Å². The molecule has 0 bridgehead atoms. The predicted molar refractivity (Wildman–Crippen MR) is 130 cm³/mol. The third-order valence-corrected chi connectivity index (χ3v) is 9.57. The maximum atomic E-state index is 15.2. The number of amides is 2. The molecule has 7 atom stereocenters. The monoisotopic (exact) mass is 524 g/mol. The second kappa shape index (κ2) is 9.70. The number of likely N-dealkylation sites (tertiary alicyclic amines) is 1. The van der Waals surface area contributed by atoms with E-state index in [1.807, 2.05) is 0 Å². The molecule has 5 fully saturated rings. The van der Waals surface area contributed by atoms with Crippen LogP contribution in [0.5, 0.6) is 0 Å². The number of fused-ring (bicyclic) bond motifs is 1. The van der Waals surface area contributed by atoms with Gasteiger partial charge in [0.05, 0.1) is 5.92 Å². The van der Waals surface area contributed by atoms with Crippen molar-refractivity contribution in [3.63, 3.8) is 0 Å². The molecule has 6 rings (SSSR count).